The Morgan fingerprint density at radius 1 is 1.09 bits per heavy atom. The molecule has 1 unspecified atom stereocenters. The van der Waals surface area contributed by atoms with Crippen molar-refractivity contribution < 1.29 is 14.3 Å². The van der Waals surface area contributed by atoms with Gasteiger partial charge in [0.25, 0.3) is 5.91 Å². The third-order valence-corrected chi connectivity index (χ3v) is 5.16. The molecule has 0 aliphatic rings. The molecule has 0 spiro atoms. The average Bonchev–Trinajstić information content (AvgIpc) is 2.77. The van der Waals surface area contributed by atoms with Gasteiger partial charge in [0.1, 0.15) is 0 Å². The zero-order chi connectivity index (χ0) is 23.4. The van der Waals surface area contributed by atoms with E-state index in [0.717, 1.165) is 5.56 Å². The monoisotopic (exact) mass is 439 g/mol. The normalized spacial score (nSPS) is 12.1. The molecule has 1 heterocycles. The van der Waals surface area contributed by atoms with E-state index < -0.39 is 11.1 Å². The molecule has 170 valence electrons. The molecule has 0 saturated heterocycles. The van der Waals surface area contributed by atoms with Gasteiger partial charge < -0.3 is 24.3 Å². The van der Waals surface area contributed by atoms with Gasteiger partial charge in [0.15, 0.2) is 11.5 Å². The lowest BCUT2D eigenvalue weighted by Gasteiger charge is -2.18. The van der Waals surface area contributed by atoms with E-state index >= 15 is 0 Å². The summed E-state index contributed by atoms with van der Waals surface area (Å²) in [5, 5.41) is 2.96. The lowest BCUT2D eigenvalue weighted by Crippen LogP contribution is -2.36. The first kappa shape index (κ1) is 23.1. The van der Waals surface area contributed by atoms with Gasteiger partial charge in [-0.1, -0.05) is 19.9 Å². The number of rotatable bonds is 8. The molecule has 8 nitrogen and oxygen atoms in total. The van der Waals surface area contributed by atoms with Crippen molar-refractivity contribution in [3.8, 4) is 11.5 Å². The molecule has 3 rings (SSSR count). The predicted molar refractivity (Wildman–Crippen MR) is 124 cm³/mol. The molecule has 0 saturated carbocycles. The molecule has 1 aromatic heterocycles. The summed E-state index contributed by atoms with van der Waals surface area (Å²) in [7, 11) is 1.58. The van der Waals surface area contributed by atoms with Crippen LogP contribution in [0.3, 0.4) is 0 Å². The van der Waals surface area contributed by atoms with Gasteiger partial charge >= 0.3 is 11.1 Å². The van der Waals surface area contributed by atoms with Crippen LogP contribution in [0.5, 0.6) is 11.5 Å². The second-order valence-electron chi connectivity index (χ2n) is 8.05. The Balaban J connectivity index is 1.82. The molecule has 1 atom stereocenters. The third kappa shape index (κ3) is 4.85. The number of carbonyl (C=O) groups excluding carboxylic acids is 1. The molecular formula is C24H29N3O5. The first-order chi connectivity index (χ1) is 15.2. The second kappa shape index (κ2) is 9.72. The molecule has 0 fully saturated rings. The van der Waals surface area contributed by atoms with Crippen LogP contribution < -0.4 is 25.9 Å². The van der Waals surface area contributed by atoms with Gasteiger partial charge in [-0.25, -0.2) is 0 Å². The summed E-state index contributed by atoms with van der Waals surface area (Å²) in [5.41, 5.74) is 0.928. The van der Waals surface area contributed by atoms with Gasteiger partial charge in [0.05, 0.1) is 30.8 Å². The number of hydrogen-bond acceptors (Lipinski definition) is 5. The van der Waals surface area contributed by atoms with Crippen LogP contribution >= 0.6 is 0 Å². The van der Waals surface area contributed by atoms with Crippen molar-refractivity contribution in [1.82, 2.24) is 14.9 Å². The molecule has 3 aromatic rings. The topological polar surface area (TPSA) is 102 Å². The number of nitrogens with zero attached hydrogens (tertiary/aromatic N) is 1. The van der Waals surface area contributed by atoms with Gasteiger partial charge in [-0.15, -0.1) is 0 Å². The van der Waals surface area contributed by atoms with Crippen molar-refractivity contribution in [2.75, 3.05) is 13.7 Å². The van der Waals surface area contributed by atoms with E-state index in [4.69, 9.17) is 9.47 Å². The van der Waals surface area contributed by atoms with Crippen molar-refractivity contribution in [3.05, 3.63) is 68.2 Å². The molecule has 2 aromatic carbocycles. The van der Waals surface area contributed by atoms with Crippen molar-refractivity contribution >= 4 is 16.9 Å². The number of H-pyrrole nitrogens is 1. The Hall–Kier alpha value is -3.55. The Kier molecular flexibility index (Phi) is 7.02. The van der Waals surface area contributed by atoms with Crippen LogP contribution in [0.25, 0.3) is 11.0 Å². The van der Waals surface area contributed by atoms with Gasteiger partial charge in [-0.05, 0) is 55.7 Å². The minimum Gasteiger partial charge on any atom is -0.493 e. The lowest BCUT2D eigenvalue weighted by molar-refractivity contribution is 0.0940. The summed E-state index contributed by atoms with van der Waals surface area (Å²) < 4.78 is 12.6. The number of benzene rings is 2. The van der Waals surface area contributed by atoms with Crippen molar-refractivity contribution in [2.24, 2.45) is 5.92 Å². The quantitative estimate of drug-likeness (QED) is 0.525. The van der Waals surface area contributed by atoms with Crippen LogP contribution in [0.15, 0.2) is 46.0 Å². The van der Waals surface area contributed by atoms with E-state index in [0.29, 0.717) is 47.2 Å². The number of nitrogens with one attached hydrogen (secondary N) is 2. The van der Waals surface area contributed by atoms with E-state index in [9.17, 15) is 14.4 Å². The predicted octanol–water partition coefficient (Wildman–Crippen LogP) is 3.24. The number of carbonyl (C=O) groups is 1. The summed E-state index contributed by atoms with van der Waals surface area (Å²) in [4.78, 5) is 39.3. The Morgan fingerprint density at radius 2 is 1.84 bits per heavy atom. The van der Waals surface area contributed by atoms with Crippen molar-refractivity contribution in [2.45, 2.75) is 40.3 Å². The highest BCUT2D eigenvalue weighted by atomic mass is 16.5. The smallest absolute Gasteiger partial charge is 0.316 e. The molecule has 0 aliphatic carbocycles. The first-order valence-corrected chi connectivity index (χ1v) is 10.6. The van der Waals surface area contributed by atoms with Gasteiger partial charge in [-0.2, -0.15) is 0 Å². The summed E-state index contributed by atoms with van der Waals surface area (Å²) >= 11 is 0. The second-order valence-corrected chi connectivity index (χ2v) is 8.05. The largest absolute Gasteiger partial charge is 0.493 e. The molecule has 2 N–H and O–H groups in total. The molecule has 1 amide bonds. The molecule has 32 heavy (non-hydrogen) atoms. The lowest BCUT2D eigenvalue weighted by atomic mass is 10.1. The number of aromatic nitrogens is 2. The average molecular weight is 440 g/mol. The maximum atomic E-state index is 12.8. The number of fused-ring (bicyclic) bond motifs is 1. The maximum Gasteiger partial charge on any atom is 0.316 e. The Labute approximate surface area is 186 Å². The molecule has 0 bridgehead atoms. The van der Waals surface area contributed by atoms with Crippen LogP contribution in [-0.2, 0) is 6.54 Å². The number of methoxy groups -OCH3 is 1. The number of ether oxygens (including phenoxy) is 2. The fourth-order valence-corrected chi connectivity index (χ4v) is 3.43. The van der Waals surface area contributed by atoms with E-state index in [-0.39, 0.29) is 11.9 Å². The van der Waals surface area contributed by atoms with E-state index in [2.05, 4.69) is 24.1 Å². The molecule has 0 radical (unpaired) electrons. The SMILES string of the molecule is CCn1c(=O)c(=O)[nH]c2cc(C(=O)NC(C)c3ccc(OCC(C)C)c(OC)c3)ccc21. The van der Waals surface area contributed by atoms with Crippen LogP contribution in [-0.4, -0.2) is 29.2 Å². The Bertz CT molecular complexity index is 1240. The summed E-state index contributed by atoms with van der Waals surface area (Å²) in [6.45, 7) is 8.75. The van der Waals surface area contributed by atoms with Crippen LogP contribution in [0.1, 0.15) is 49.7 Å². The number of aryl methyl sites for hydroxylation is 1. The minimum absolute atomic E-state index is 0.296. The van der Waals surface area contributed by atoms with Crippen LogP contribution in [0.2, 0.25) is 0 Å². The Morgan fingerprint density at radius 3 is 2.50 bits per heavy atom. The van der Waals surface area contributed by atoms with Crippen LogP contribution in [0, 0.1) is 5.92 Å². The molecular weight excluding hydrogens is 410 g/mol. The maximum absolute atomic E-state index is 12.8. The summed E-state index contributed by atoms with van der Waals surface area (Å²) in [6.07, 6.45) is 0. The van der Waals surface area contributed by atoms with E-state index in [1.54, 1.807) is 32.2 Å². The standard InChI is InChI=1S/C24H29N3O5/c1-6-27-19-9-7-17(11-18(19)26-23(29)24(27)30)22(28)25-15(4)16-8-10-20(21(12-16)31-5)32-13-14(2)3/h7-12,14-15H,6,13H2,1-5H3,(H,25,28)(H,26,29). The molecule has 8 heteroatoms. The highest BCUT2D eigenvalue weighted by Crippen LogP contribution is 2.30. The van der Waals surface area contributed by atoms with Gasteiger partial charge in [0.2, 0.25) is 0 Å². The van der Waals surface area contributed by atoms with Crippen LogP contribution in [0.4, 0.5) is 0 Å². The fraction of sp³-hybridized carbons (Fsp3) is 0.375. The number of hydrogen-bond donors (Lipinski definition) is 2. The zero-order valence-corrected chi connectivity index (χ0v) is 19.0. The highest BCUT2D eigenvalue weighted by molar-refractivity contribution is 5.97. The third-order valence-electron chi connectivity index (χ3n) is 5.16. The van der Waals surface area contributed by atoms with Gasteiger partial charge in [0, 0.05) is 12.1 Å². The van der Waals surface area contributed by atoms with Crippen molar-refractivity contribution in [3.63, 3.8) is 0 Å². The molecule has 0 aliphatic heterocycles. The first-order valence-electron chi connectivity index (χ1n) is 10.6. The highest BCUT2D eigenvalue weighted by Gasteiger charge is 2.16. The number of aromatic amines is 1. The number of amides is 1. The zero-order valence-electron chi connectivity index (χ0n) is 19.0. The summed E-state index contributed by atoms with van der Waals surface area (Å²) in [5.74, 6) is 1.35. The summed E-state index contributed by atoms with van der Waals surface area (Å²) in [6, 6.07) is 10.2. The minimum atomic E-state index is -0.711. The van der Waals surface area contributed by atoms with Gasteiger partial charge in [-0.3, -0.25) is 14.4 Å². The van der Waals surface area contributed by atoms with E-state index in [1.165, 1.54) is 4.57 Å². The van der Waals surface area contributed by atoms with E-state index in [1.807, 2.05) is 25.1 Å². The fourth-order valence-electron chi connectivity index (χ4n) is 3.43. The van der Waals surface area contributed by atoms with Crippen molar-refractivity contribution in [1.29, 1.82) is 0 Å².